The Morgan fingerprint density at radius 1 is 1.35 bits per heavy atom. The van der Waals surface area contributed by atoms with Crippen molar-refractivity contribution in [3.8, 4) is 0 Å². The summed E-state index contributed by atoms with van der Waals surface area (Å²) in [6.45, 7) is 0. The summed E-state index contributed by atoms with van der Waals surface area (Å²) in [7, 11) is 1.99. The van der Waals surface area contributed by atoms with E-state index in [0.717, 1.165) is 15.9 Å². The van der Waals surface area contributed by atoms with Gasteiger partial charge in [0.25, 0.3) is 0 Å². The van der Waals surface area contributed by atoms with Crippen molar-refractivity contribution in [1.82, 2.24) is 5.32 Å². The van der Waals surface area contributed by atoms with Gasteiger partial charge in [0.2, 0.25) is 0 Å². The maximum Gasteiger partial charge on any atom is 0.0453 e. The number of benzene rings is 1. The third-order valence-corrected chi connectivity index (χ3v) is 4.69. The standard InChI is InChI=1S/C13H13BrClNS/c1-16-12(13-7-10(14)8-17-13)6-9-2-4-11(15)5-3-9/h2-5,7-8,12,16H,6H2,1H3. The lowest BCUT2D eigenvalue weighted by atomic mass is 10.1. The van der Waals surface area contributed by atoms with Crippen LogP contribution in [0, 0.1) is 0 Å². The number of halogens is 2. The van der Waals surface area contributed by atoms with Crippen LogP contribution in [0.2, 0.25) is 5.02 Å². The Labute approximate surface area is 119 Å². The first-order valence-electron chi connectivity index (χ1n) is 5.34. The van der Waals surface area contributed by atoms with Crippen LogP contribution in [0.4, 0.5) is 0 Å². The zero-order valence-corrected chi connectivity index (χ0v) is 12.6. The molecule has 2 aromatic rings. The van der Waals surface area contributed by atoms with Crippen molar-refractivity contribution in [3.63, 3.8) is 0 Å². The Bertz CT molecular complexity index is 480. The van der Waals surface area contributed by atoms with E-state index in [1.54, 1.807) is 11.3 Å². The lowest BCUT2D eigenvalue weighted by Crippen LogP contribution is -2.17. The van der Waals surface area contributed by atoms with Crippen molar-refractivity contribution in [1.29, 1.82) is 0 Å². The molecule has 0 aliphatic heterocycles. The van der Waals surface area contributed by atoms with Crippen LogP contribution in [0.25, 0.3) is 0 Å². The summed E-state index contributed by atoms with van der Waals surface area (Å²) < 4.78 is 1.15. The van der Waals surface area contributed by atoms with Crippen LogP contribution in [0.15, 0.2) is 40.2 Å². The maximum atomic E-state index is 5.88. The van der Waals surface area contributed by atoms with Gasteiger partial charge >= 0.3 is 0 Å². The lowest BCUT2D eigenvalue weighted by Gasteiger charge is -2.14. The third-order valence-electron chi connectivity index (χ3n) is 2.63. The van der Waals surface area contributed by atoms with Crippen LogP contribution < -0.4 is 5.32 Å². The highest BCUT2D eigenvalue weighted by Gasteiger charge is 2.12. The highest BCUT2D eigenvalue weighted by Crippen LogP contribution is 2.27. The fourth-order valence-electron chi connectivity index (χ4n) is 1.71. The lowest BCUT2D eigenvalue weighted by molar-refractivity contribution is 0.602. The average molecular weight is 331 g/mol. The molecule has 0 bridgehead atoms. The first kappa shape index (κ1) is 13.1. The maximum absolute atomic E-state index is 5.88. The Kier molecular flexibility index (Phi) is 4.62. The summed E-state index contributed by atoms with van der Waals surface area (Å²) in [5.41, 5.74) is 1.29. The van der Waals surface area contributed by atoms with Gasteiger partial charge in [-0.2, -0.15) is 0 Å². The van der Waals surface area contributed by atoms with Gasteiger partial charge in [-0.15, -0.1) is 11.3 Å². The molecular weight excluding hydrogens is 318 g/mol. The largest absolute Gasteiger partial charge is 0.312 e. The van der Waals surface area contributed by atoms with E-state index in [9.17, 15) is 0 Å². The van der Waals surface area contributed by atoms with Gasteiger partial charge in [-0.3, -0.25) is 0 Å². The summed E-state index contributed by atoms with van der Waals surface area (Å²) in [5.74, 6) is 0. The molecule has 2 rings (SSSR count). The number of nitrogens with one attached hydrogen (secondary N) is 1. The van der Waals surface area contributed by atoms with E-state index < -0.39 is 0 Å². The third kappa shape index (κ3) is 3.55. The van der Waals surface area contributed by atoms with Crippen molar-refractivity contribution in [2.24, 2.45) is 0 Å². The molecule has 1 atom stereocenters. The SMILES string of the molecule is CNC(Cc1ccc(Cl)cc1)c1cc(Br)cs1. The zero-order valence-electron chi connectivity index (χ0n) is 9.41. The van der Waals surface area contributed by atoms with Crippen molar-refractivity contribution in [2.75, 3.05) is 7.05 Å². The monoisotopic (exact) mass is 329 g/mol. The second kappa shape index (κ2) is 6.01. The molecule has 0 fully saturated rings. The molecule has 0 spiro atoms. The molecule has 90 valence electrons. The molecule has 1 aromatic carbocycles. The summed E-state index contributed by atoms with van der Waals surface area (Å²) in [6, 6.07) is 10.6. The summed E-state index contributed by atoms with van der Waals surface area (Å²) in [6.07, 6.45) is 0.973. The van der Waals surface area contributed by atoms with Crippen molar-refractivity contribution >= 4 is 38.9 Å². The molecule has 0 radical (unpaired) electrons. The Hall–Kier alpha value is -0.350. The first-order chi connectivity index (χ1) is 8.19. The molecule has 1 aromatic heterocycles. The molecular formula is C13H13BrClNS. The van der Waals surface area contributed by atoms with Gasteiger partial charge in [0, 0.05) is 25.8 Å². The van der Waals surface area contributed by atoms with E-state index in [-0.39, 0.29) is 0 Å². The fraction of sp³-hybridized carbons (Fsp3) is 0.231. The van der Waals surface area contributed by atoms with E-state index >= 15 is 0 Å². The van der Waals surface area contributed by atoms with Gasteiger partial charge in [-0.1, -0.05) is 23.7 Å². The van der Waals surface area contributed by atoms with Crippen LogP contribution in [0.5, 0.6) is 0 Å². The second-order valence-corrected chi connectivity index (χ2v) is 6.13. The van der Waals surface area contributed by atoms with Gasteiger partial charge < -0.3 is 5.32 Å². The number of hydrogen-bond donors (Lipinski definition) is 1. The zero-order chi connectivity index (χ0) is 12.3. The Morgan fingerprint density at radius 2 is 2.06 bits per heavy atom. The number of rotatable bonds is 4. The van der Waals surface area contributed by atoms with E-state index in [1.165, 1.54) is 10.4 Å². The van der Waals surface area contributed by atoms with Gasteiger partial charge in [0.15, 0.2) is 0 Å². The molecule has 17 heavy (non-hydrogen) atoms. The van der Waals surface area contributed by atoms with Gasteiger partial charge in [-0.25, -0.2) is 0 Å². The van der Waals surface area contributed by atoms with Gasteiger partial charge in [-0.05, 0) is 53.2 Å². The van der Waals surface area contributed by atoms with Crippen LogP contribution in [0.1, 0.15) is 16.5 Å². The molecule has 0 aliphatic carbocycles. The molecule has 1 heterocycles. The molecule has 0 saturated heterocycles. The van der Waals surface area contributed by atoms with E-state index in [1.807, 2.05) is 19.2 Å². The Balaban J connectivity index is 2.12. The minimum atomic E-state index is 0.354. The van der Waals surface area contributed by atoms with E-state index in [2.05, 4.69) is 44.8 Å². The molecule has 0 amide bonds. The molecule has 0 saturated carbocycles. The number of thiophene rings is 1. The molecule has 4 heteroatoms. The van der Waals surface area contributed by atoms with Crippen LogP contribution in [-0.2, 0) is 6.42 Å². The van der Waals surface area contributed by atoms with Gasteiger partial charge in [0.05, 0.1) is 0 Å². The van der Waals surface area contributed by atoms with E-state index in [4.69, 9.17) is 11.6 Å². The molecule has 1 nitrogen and oxygen atoms in total. The van der Waals surface area contributed by atoms with Crippen molar-refractivity contribution < 1.29 is 0 Å². The van der Waals surface area contributed by atoms with Crippen LogP contribution in [0.3, 0.4) is 0 Å². The fourth-order valence-corrected chi connectivity index (χ4v) is 3.39. The highest BCUT2D eigenvalue weighted by atomic mass is 79.9. The normalized spacial score (nSPS) is 12.6. The van der Waals surface area contributed by atoms with Crippen molar-refractivity contribution in [3.05, 3.63) is 55.6 Å². The summed E-state index contributed by atoms with van der Waals surface area (Å²) >= 11 is 11.1. The summed E-state index contributed by atoms with van der Waals surface area (Å²) in [5, 5.41) is 6.25. The van der Waals surface area contributed by atoms with E-state index in [0.29, 0.717) is 6.04 Å². The van der Waals surface area contributed by atoms with Crippen LogP contribution >= 0.6 is 38.9 Å². The smallest absolute Gasteiger partial charge is 0.0453 e. The summed E-state index contributed by atoms with van der Waals surface area (Å²) in [4.78, 5) is 1.34. The molecule has 1 unspecified atom stereocenters. The highest BCUT2D eigenvalue weighted by molar-refractivity contribution is 9.10. The number of hydrogen-bond acceptors (Lipinski definition) is 2. The molecule has 1 N–H and O–H groups in total. The van der Waals surface area contributed by atoms with Crippen molar-refractivity contribution in [2.45, 2.75) is 12.5 Å². The topological polar surface area (TPSA) is 12.0 Å². The minimum Gasteiger partial charge on any atom is -0.312 e. The minimum absolute atomic E-state index is 0.354. The average Bonchev–Trinajstić information content (AvgIpc) is 2.75. The quantitative estimate of drug-likeness (QED) is 0.859. The predicted molar refractivity (Wildman–Crippen MR) is 79.0 cm³/mol. The number of likely N-dealkylation sites (N-methyl/N-ethyl adjacent to an activating group) is 1. The predicted octanol–water partition coefficient (Wildman–Crippen LogP) is 4.67. The first-order valence-corrected chi connectivity index (χ1v) is 7.39. The second-order valence-electron chi connectivity index (χ2n) is 3.84. The molecule has 0 aliphatic rings. The van der Waals surface area contributed by atoms with Gasteiger partial charge in [0.1, 0.15) is 0 Å². The van der Waals surface area contributed by atoms with Crippen LogP contribution in [-0.4, -0.2) is 7.05 Å². The Morgan fingerprint density at radius 3 is 2.59 bits per heavy atom.